The van der Waals surface area contributed by atoms with Crippen LogP contribution in [-0.4, -0.2) is 57.4 Å². The van der Waals surface area contributed by atoms with Crippen LogP contribution >= 0.6 is 0 Å². The van der Waals surface area contributed by atoms with Gasteiger partial charge in [-0.05, 0) is 81.7 Å². The van der Waals surface area contributed by atoms with Crippen molar-refractivity contribution < 1.29 is 9.90 Å². The van der Waals surface area contributed by atoms with Gasteiger partial charge < -0.3 is 20.6 Å². The fourth-order valence-corrected chi connectivity index (χ4v) is 5.90. The molecule has 0 spiro atoms. The summed E-state index contributed by atoms with van der Waals surface area (Å²) in [5, 5.41) is 27.6. The largest absolute Gasteiger partial charge is 0.507 e. The van der Waals surface area contributed by atoms with Crippen LogP contribution in [0.1, 0.15) is 56.4 Å². The summed E-state index contributed by atoms with van der Waals surface area (Å²) in [6.45, 7) is 4.68. The number of phenolic OH excluding ortho intramolecular Hbond substituents is 1. The number of piperidine rings is 2. The quantitative estimate of drug-likeness (QED) is 0.546. The Hall–Kier alpha value is -3.26. The van der Waals surface area contributed by atoms with E-state index in [4.69, 9.17) is 0 Å². The fourth-order valence-electron chi connectivity index (χ4n) is 5.90. The molecule has 0 saturated carbocycles. The predicted octanol–water partition coefficient (Wildman–Crippen LogP) is 3.65. The normalized spacial score (nSPS) is 26.3. The van der Waals surface area contributed by atoms with Crippen molar-refractivity contribution in [3.8, 4) is 17.0 Å². The molecule has 4 heterocycles. The molecular weight excluding hydrogens is 428 g/mol. The molecule has 3 atom stereocenters. The maximum absolute atomic E-state index is 11.9. The topological polar surface area (TPSA) is 103 Å². The third-order valence-electron chi connectivity index (χ3n) is 7.56. The summed E-state index contributed by atoms with van der Waals surface area (Å²) in [5.41, 5.74) is 1.81. The zero-order valence-corrected chi connectivity index (χ0v) is 20.2. The molecule has 1 unspecified atom stereocenters. The molecule has 1 amide bonds. The molecule has 34 heavy (non-hydrogen) atoms. The highest BCUT2D eigenvalue weighted by atomic mass is 16.3. The second kappa shape index (κ2) is 8.20. The predicted molar refractivity (Wildman–Crippen MR) is 133 cm³/mol. The van der Waals surface area contributed by atoms with Gasteiger partial charge in [0.25, 0.3) is 5.91 Å². The van der Waals surface area contributed by atoms with Gasteiger partial charge >= 0.3 is 0 Å². The van der Waals surface area contributed by atoms with Gasteiger partial charge in [-0.3, -0.25) is 9.78 Å². The molecule has 8 heteroatoms. The van der Waals surface area contributed by atoms with Crippen LogP contribution < -0.4 is 15.5 Å². The lowest BCUT2D eigenvalue weighted by atomic mass is 9.69. The van der Waals surface area contributed by atoms with Gasteiger partial charge in [0, 0.05) is 48.4 Å². The number of phenols is 1. The maximum atomic E-state index is 11.9. The molecule has 2 saturated heterocycles. The first-order valence-corrected chi connectivity index (χ1v) is 11.9. The number of hydrogen-bond acceptors (Lipinski definition) is 7. The number of nitrogens with zero attached hydrogens (tertiary/aromatic N) is 4. The number of hydrogen-bond donors (Lipinski definition) is 3. The van der Waals surface area contributed by atoms with Gasteiger partial charge in [0.2, 0.25) is 0 Å². The molecular formula is C26H32N6O2. The Kier molecular flexibility index (Phi) is 5.43. The zero-order chi connectivity index (χ0) is 24.1. The number of rotatable bonds is 4. The third kappa shape index (κ3) is 4.07. The van der Waals surface area contributed by atoms with E-state index in [-0.39, 0.29) is 22.7 Å². The average Bonchev–Trinajstić information content (AvgIpc) is 2.81. The van der Waals surface area contributed by atoms with E-state index in [1.165, 1.54) is 19.3 Å². The Labute approximate surface area is 199 Å². The molecule has 2 aliphatic rings. The van der Waals surface area contributed by atoms with E-state index < -0.39 is 0 Å². The minimum atomic E-state index is -0.267. The average molecular weight is 461 g/mol. The molecule has 5 rings (SSSR count). The number of pyridine rings is 1. The summed E-state index contributed by atoms with van der Waals surface area (Å²) in [4.78, 5) is 18.3. The number of amides is 1. The van der Waals surface area contributed by atoms with Crippen LogP contribution in [0.25, 0.3) is 22.0 Å². The Morgan fingerprint density at radius 1 is 1.12 bits per heavy atom. The maximum Gasteiger partial charge on any atom is 0.269 e. The lowest BCUT2D eigenvalue weighted by Gasteiger charge is -2.55. The van der Waals surface area contributed by atoms with Crippen LogP contribution in [0.4, 0.5) is 5.82 Å². The number of carbonyl (C=O) groups is 1. The molecule has 8 nitrogen and oxygen atoms in total. The first-order chi connectivity index (χ1) is 16.2. The van der Waals surface area contributed by atoms with Crippen molar-refractivity contribution in [2.24, 2.45) is 0 Å². The summed E-state index contributed by atoms with van der Waals surface area (Å²) < 4.78 is 0. The number of aromatic hydroxyl groups is 1. The summed E-state index contributed by atoms with van der Waals surface area (Å²) in [6, 6.07) is 9.39. The molecule has 178 valence electrons. The highest BCUT2D eigenvalue weighted by molar-refractivity contribution is 5.97. The van der Waals surface area contributed by atoms with Gasteiger partial charge in [0.15, 0.2) is 5.82 Å². The van der Waals surface area contributed by atoms with E-state index >= 15 is 0 Å². The molecule has 2 bridgehead atoms. The monoisotopic (exact) mass is 460 g/mol. The van der Waals surface area contributed by atoms with Crippen LogP contribution in [0.3, 0.4) is 0 Å². The van der Waals surface area contributed by atoms with Crippen molar-refractivity contribution in [1.29, 1.82) is 0 Å². The molecule has 0 aliphatic carbocycles. The molecule has 3 N–H and O–H groups in total. The van der Waals surface area contributed by atoms with Crippen LogP contribution in [0, 0.1) is 0 Å². The summed E-state index contributed by atoms with van der Waals surface area (Å²) in [6.07, 6.45) is 7.49. The van der Waals surface area contributed by atoms with Gasteiger partial charge in [-0.25, -0.2) is 0 Å². The lowest BCUT2D eigenvalue weighted by Crippen LogP contribution is -2.66. The van der Waals surface area contributed by atoms with Crippen molar-refractivity contribution in [2.75, 3.05) is 19.0 Å². The molecule has 0 radical (unpaired) electrons. The Morgan fingerprint density at radius 2 is 1.85 bits per heavy atom. The molecule has 3 aromatic rings. The number of fused-ring (bicyclic) bond motifs is 3. The Bertz CT molecular complexity index is 1230. The zero-order valence-electron chi connectivity index (χ0n) is 20.2. The lowest BCUT2D eigenvalue weighted by molar-refractivity contribution is 0.0784. The van der Waals surface area contributed by atoms with Gasteiger partial charge in [-0.15, -0.1) is 10.2 Å². The number of nitrogens with one attached hydrogen (secondary N) is 2. The number of aromatic nitrogens is 3. The van der Waals surface area contributed by atoms with E-state index in [2.05, 4.69) is 51.6 Å². The Morgan fingerprint density at radius 3 is 2.50 bits per heavy atom. The number of anilines is 1. The standard InChI is InChI=1S/C26H32N6O2/c1-25-8-5-9-26(2,31-25)14-18(13-25)32(4)23-7-6-20(29-30-23)19-10-17-15-28-21(24(34)27-3)11-16(17)12-22(19)33/h6-7,10-12,15,18,31,33H,5,8-9,13-14H2,1-4H3,(H,27,34)/t18?,25-,26+. The van der Waals surface area contributed by atoms with E-state index in [0.717, 1.165) is 29.4 Å². The molecule has 2 fully saturated rings. The van der Waals surface area contributed by atoms with Crippen LogP contribution in [0.2, 0.25) is 0 Å². The molecule has 1 aromatic carbocycles. The van der Waals surface area contributed by atoms with E-state index in [1.807, 2.05) is 18.2 Å². The van der Waals surface area contributed by atoms with E-state index in [9.17, 15) is 9.90 Å². The van der Waals surface area contributed by atoms with Gasteiger partial charge in [-0.1, -0.05) is 0 Å². The van der Waals surface area contributed by atoms with Crippen LogP contribution in [0.15, 0.2) is 36.5 Å². The van der Waals surface area contributed by atoms with Crippen molar-refractivity contribution in [1.82, 2.24) is 25.8 Å². The minimum absolute atomic E-state index is 0.0870. The van der Waals surface area contributed by atoms with Crippen molar-refractivity contribution in [2.45, 2.75) is 63.1 Å². The summed E-state index contributed by atoms with van der Waals surface area (Å²) in [5.74, 6) is 0.651. The van der Waals surface area contributed by atoms with E-state index in [0.29, 0.717) is 23.0 Å². The van der Waals surface area contributed by atoms with E-state index in [1.54, 1.807) is 25.4 Å². The second-order valence-electron chi connectivity index (χ2n) is 10.4. The van der Waals surface area contributed by atoms with Gasteiger partial charge in [0.1, 0.15) is 11.4 Å². The molecule has 2 aliphatic heterocycles. The van der Waals surface area contributed by atoms with Gasteiger partial charge in [0.05, 0.1) is 5.69 Å². The Balaban J connectivity index is 1.39. The summed E-state index contributed by atoms with van der Waals surface area (Å²) in [7, 11) is 3.66. The summed E-state index contributed by atoms with van der Waals surface area (Å²) >= 11 is 0. The van der Waals surface area contributed by atoms with Crippen molar-refractivity contribution >= 4 is 22.5 Å². The minimum Gasteiger partial charge on any atom is -0.507 e. The first-order valence-electron chi connectivity index (χ1n) is 11.9. The number of carbonyl (C=O) groups excluding carboxylic acids is 1. The third-order valence-corrected chi connectivity index (χ3v) is 7.56. The first kappa shape index (κ1) is 22.5. The molecule has 2 aromatic heterocycles. The highest BCUT2D eigenvalue weighted by Gasteiger charge is 2.46. The SMILES string of the molecule is CNC(=O)c1cc2cc(O)c(-c3ccc(N(C)C4C[C@]5(C)CCC[C@](C)(C4)N5)nn3)cc2cn1. The van der Waals surface area contributed by atoms with Crippen molar-refractivity contribution in [3.05, 3.63) is 42.2 Å². The van der Waals surface area contributed by atoms with Crippen LogP contribution in [-0.2, 0) is 0 Å². The smallest absolute Gasteiger partial charge is 0.269 e. The fraction of sp³-hybridized carbons (Fsp3) is 0.462. The van der Waals surface area contributed by atoms with Crippen LogP contribution in [0.5, 0.6) is 5.75 Å². The highest BCUT2D eigenvalue weighted by Crippen LogP contribution is 2.42. The second-order valence-corrected chi connectivity index (χ2v) is 10.4. The number of benzene rings is 1. The van der Waals surface area contributed by atoms with Gasteiger partial charge in [-0.2, -0.15) is 0 Å². The van der Waals surface area contributed by atoms with Crippen molar-refractivity contribution in [3.63, 3.8) is 0 Å².